The van der Waals surface area contributed by atoms with E-state index in [-0.39, 0.29) is 11.9 Å². The van der Waals surface area contributed by atoms with Crippen molar-refractivity contribution in [1.29, 1.82) is 0 Å². The second-order valence-electron chi connectivity index (χ2n) is 10.1. The fraction of sp³-hybridized carbons (Fsp3) is 0.0294. The van der Waals surface area contributed by atoms with Crippen molar-refractivity contribution < 1.29 is 14.7 Å². The Bertz CT molecular complexity index is 2100. The van der Waals surface area contributed by atoms with Gasteiger partial charge in [-0.15, -0.1) is 0 Å². The van der Waals surface area contributed by atoms with Crippen LogP contribution in [0.3, 0.4) is 0 Å². The van der Waals surface area contributed by atoms with Gasteiger partial charge in [0, 0.05) is 41.4 Å². The Labute approximate surface area is 245 Å². The van der Waals surface area contributed by atoms with Crippen LogP contribution in [0.15, 0.2) is 116 Å². The number of benzene rings is 3. The minimum Gasteiger partial charge on any atom is -0.478 e. The quantitative estimate of drug-likeness (QED) is 0.196. The van der Waals surface area contributed by atoms with Crippen LogP contribution < -0.4 is 5.32 Å². The Morgan fingerprint density at radius 1 is 0.767 bits per heavy atom. The smallest absolute Gasteiger partial charge is 0.335 e. The van der Waals surface area contributed by atoms with Crippen molar-refractivity contribution in [3.05, 3.63) is 138 Å². The Balaban J connectivity index is 0.000000209. The molecule has 1 atom stereocenters. The number of aromatic amines is 2. The van der Waals surface area contributed by atoms with E-state index in [1.165, 1.54) is 0 Å². The highest BCUT2D eigenvalue weighted by molar-refractivity contribution is 5.97. The Kier molecular flexibility index (Phi) is 6.44. The number of fused-ring (bicyclic) bond motifs is 5. The lowest BCUT2D eigenvalue weighted by Crippen LogP contribution is -2.28. The SMILES string of the molecule is O=C(NC1c2ccccc2-c2c(-c3nc4ccncc4[nH]3)cccc21)c1ccncc1.O=C(O)c1ccc2cc[nH]c2c1. The lowest BCUT2D eigenvalue weighted by Gasteiger charge is -2.16. The molecule has 0 spiro atoms. The third-order valence-corrected chi connectivity index (χ3v) is 7.51. The summed E-state index contributed by atoms with van der Waals surface area (Å²) in [6, 6.07) is 26.3. The number of amides is 1. The van der Waals surface area contributed by atoms with Crippen LogP contribution in [0.25, 0.3) is 44.5 Å². The van der Waals surface area contributed by atoms with E-state index in [9.17, 15) is 9.59 Å². The van der Waals surface area contributed by atoms with E-state index in [0.717, 1.165) is 55.6 Å². The van der Waals surface area contributed by atoms with Gasteiger partial charge >= 0.3 is 5.97 Å². The van der Waals surface area contributed by atoms with Gasteiger partial charge in [-0.1, -0.05) is 48.5 Å². The monoisotopic (exact) mass is 564 g/mol. The number of nitrogens with one attached hydrogen (secondary N) is 3. The lowest BCUT2D eigenvalue weighted by molar-refractivity contribution is 0.0696. The molecule has 4 N–H and O–H groups in total. The summed E-state index contributed by atoms with van der Waals surface area (Å²) in [7, 11) is 0. The molecule has 8 rings (SSSR count). The normalized spacial score (nSPS) is 13.2. The number of carboxylic acid groups (broad SMARTS) is 1. The number of carboxylic acids is 1. The molecule has 1 aliphatic rings. The summed E-state index contributed by atoms with van der Waals surface area (Å²) in [4.78, 5) is 42.8. The molecule has 3 aromatic carbocycles. The van der Waals surface area contributed by atoms with Crippen molar-refractivity contribution in [1.82, 2.24) is 30.2 Å². The minimum absolute atomic E-state index is 0.129. The van der Waals surface area contributed by atoms with Gasteiger partial charge in [-0.3, -0.25) is 14.8 Å². The number of carbonyl (C=O) groups is 2. The van der Waals surface area contributed by atoms with Crippen molar-refractivity contribution in [3.8, 4) is 22.5 Å². The topological polar surface area (TPSA) is 137 Å². The minimum atomic E-state index is -0.897. The number of nitrogens with zero attached hydrogens (tertiary/aromatic N) is 3. The van der Waals surface area contributed by atoms with Gasteiger partial charge in [0.05, 0.1) is 28.8 Å². The van der Waals surface area contributed by atoms with Gasteiger partial charge in [-0.05, 0) is 64.0 Å². The molecule has 1 unspecified atom stereocenters. The van der Waals surface area contributed by atoms with E-state index in [4.69, 9.17) is 10.1 Å². The summed E-state index contributed by atoms with van der Waals surface area (Å²) in [5, 5.41) is 12.9. The maximum absolute atomic E-state index is 12.9. The number of hydrogen-bond donors (Lipinski definition) is 4. The van der Waals surface area contributed by atoms with Crippen molar-refractivity contribution in [2.45, 2.75) is 6.04 Å². The molecule has 43 heavy (non-hydrogen) atoms. The summed E-state index contributed by atoms with van der Waals surface area (Å²) < 4.78 is 0. The highest BCUT2D eigenvalue weighted by atomic mass is 16.4. The highest BCUT2D eigenvalue weighted by Crippen LogP contribution is 2.47. The van der Waals surface area contributed by atoms with Gasteiger partial charge in [-0.2, -0.15) is 0 Å². The zero-order valence-corrected chi connectivity index (χ0v) is 22.7. The summed E-state index contributed by atoms with van der Waals surface area (Å²) in [5.41, 5.74) is 8.84. The van der Waals surface area contributed by atoms with Crippen molar-refractivity contribution in [2.75, 3.05) is 0 Å². The molecule has 0 fully saturated rings. The van der Waals surface area contributed by atoms with E-state index >= 15 is 0 Å². The number of aromatic carboxylic acids is 1. The van der Waals surface area contributed by atoms with E-state index in [1.807, 2.05) is 30.3 Å². The molecule has 4 aromatic heterocycles. The second-order valence-corrected chi connectivity index (χ2v) is 10.1. The molecule has 0 aliphatic heterocycles. The van der Waals surface area contributed by atoms with Crippen molar-refractivity contribution >= 4 is 33.8 Å². The first-order valence-electron chi connectivity index (χ1n) is 13.6. The number of carbonyl (C=O) groups excluding carboxylic acids is 1. The van der Waals surface area contributed by atoms with Crippen LogP contribution in [0.1, 0.15) is 37.9 Å². The molecule has 9 heteroatoms. The van der Waals surface area contributed by atoms with Crippen molar-refractivity contribution in [2.24, 2.45) is 0 Å². The molecule has 7 aromatic rings. The molecule has 1 amide bonds. The molecular weight excluding hydrogens is 540 g/mol. The van der Waals surface area contributed by atoms with Gasteiger partial charge in [0.2, 0.25) is 0 Å². The third-order valence-electron chi connectivity index (χ3n) is 7.51. The van der Waals surface area contributed by atoms with Gasteiger partial charge in [0.25, 0.3) is 5.91 Å². The van der Waals surface area contributed by atoms with Gasteiger partial charge < -0.3 is 20.4 Å². The predicted molar refractivity (Wildman–Crippen MR) is 164 cm³/mol. The molecular formula is C34H24N6O3. The lowest BCUT2D eigenvalue weighted by atomic mass is 9.98. The first-order valence-corrected chi connectivity index (χ1v) is 13.6. The van der Waals surface area contributed by atoms with Crippen LogP contribution in [0.4, 0.5) is 0 Å². The highest BCUT2D eigenvalue weighted by Gasteiger charge is 2.32. The second kappa shape index (κ2) is 10.7. The summed E-state index contributed by atoms with van der Waals surface area (Å²) in [5.74, 6) is -0.238. The third kappa shape index (κ3) is 4.78. The largest absolute Gasteiger partial charge is 0.478 e. The van der Waals surface area contributed by atoms with Crippen LogP contribution >= 0.6 is 0 Å². The van der Waals surface area contributed by atoms with E-state index < -0.39 is 5.97 Å². The van der Waals surface area contributed by atoms with Gasteiger partial charge in [0.1, 0.15) is 5.82 Å². The zero-order valence-electron chi connectivity index (χ0n) is 22.7. The predicted octanol–water partition coefficient (Wildman–Crippen LogP) is 6.39. The maximum atomic E-state index is 12.9. The Morgan fingerprint density at radius 3 is 2.40 bits per heavy atom. The summed E-state index contributed by atoms with van der Waals surface area (Å²) >= 11 is 0. The van der Waals surface area contributed by atoms with Crippen LogP contribution in [-0.4, -0.2) is 41.9 Å². The zero-order chi connectivity index (χ0) is 29.3. The molecule has 0 radical (unpaired) electrons. The van der Waals surface area contributed by atoms with E-state index in [0.29, 0.717) is 11.1 Å². The van der Waals surface area contributed by atoms with Crippen LogP contribution in [0.2, 0.25) is 0 Å². The Morgan fingerprint density at radius 2 is 1.56 bits per heavy atom. The number of H-pyrrole nitrogens is 2. The van der Waals surface area contributed by atoms with Gasteiger partial charge in [0.15, 0.2) is 0 Å². The average Bonchev–Trinajstić information content (AvgIpc) is 3.78. The number of pyridine rings is 2. The van der Waals surface area contributed by atoms with Gasteiger partial charge in [-0.25, -0.2) is 9.78 Å². The molecule has 0 saturated heterocycles. The molecule has 9 nitrogen and oxygen atoms in total. The number of aromatic nitrogens is 5. The number of hydrogen-bond acceptors (Lipinski definition) is 5. The van der Waals surface area contributed by atoms with Crippen LogP contribution in [0, 0.1) is 0 Å². The fourth-order valence-corrected chi connectivity index (χ4v) is 5.49. The van der Waals surface area contributed by atoms with E-state index in [2.05, 4.69) is 49.5 Å². The van der Waals surface area contributed by atoms with Crippen molar-refractivity contribution in [3.63, 3.8) is 0 Å². The maximum Gasteiger partial charge on any atom is 0.335 e. The standard InChI is InChI=1S/C25H17N5O.C9H7NO2/c31-25(15-8-11-26-12-9-15)30-23-17-5-2-1-4-16(17)22-18(23)6-3-7-19(22)24-28-20-10-13-27-14-21(20)29-24;11-9(12)7-2-1-6-3-4-10-8(6)5-7/h1-14,23H,(H,28,29)(H,30,31);1-5,10H,(H,11,12). The van der Waals surface area contributed by atoms with Crippen LogP contribution in [-0.2, 0) is 0 Å². The Hall–Kier alpha value is -6.09. The van der Waals surface area contributed by atoms with E-state index in [1.54, 1.807) is 61.3 Å². The first-order chi connectivity index (χ1) is 21.1. The first kappa shape index (κ1) is 25.8. The molecule has 208 valence electrons. The fourth-order valence-electron chi connectivity index (χ4n) is 5.49. The van der Waals surface area contributed by atoms with Crippen LogP contribution in [0.5, 0.6) is 0 Å². The summed E-state index contributed by atoms with van der Waals surface area (Å²) in [6.07, 6.45) is 8.55. The number of imidazole rings is 1. The molecule has 0 bridgehead atoms. The number of rotatable bonds is 4. The average molecular weight is 565 g/mol. The molecule has 0 saturated carbocycles. The summed E-state index contributed by atoms with van der Waals surface area (Å²) in [6.45, 7) is 0. The molecule has 4 heterocycles. The molecule has 1 aliphatic carbocycles.